The van der Waals surface area contributed by atoms with Crippen molar-refractivity contribution in [3.63, 3.8) is 0 Å². The lowest BCUT2D eigenvalue weighted by Crippen LogP contribution is -2.60. The smallest absolute Gasteiger partial charge is 0.291 e. The number of amides is 1. The maximum atomic E-state index is 13.0. The molecule has 0 unspecified atom stereocenters. The van der Waals surface area contributed by atoms with Crippen molar-refractivity contribution in [3.05, 3.63) is 68.9 Å². The van der Waals surface area contributed by atoms with Gasteiger partial charge >= 0.3 is 11.3 Å². The van der Waals surface area contributed by atoms with E-state index in [-0.39, 0.29) is 11.5 Å². The molecule has 1 N–H and O–H groups in total. The zero-order valence-electron chi connectivity index (χ0n) is 15.3. The van der Waals surface area contributed by atoms with Crippen LogP contribution < -0.4 is 15.1 Å². The molecule has 6 nitrogen and oxygen atoms in total. The first-order valence-electron chi connectivity index (χ1n) is 8.85. The Labute approximate surface area is 174 Å². The summed E-state index contributed by atoms with van der Waals surface area (Å²) >= 11 is 4.93. The Morgan fingerprint density at radius 1 is 1.29 bits per heavy atom. The number of hydrogen-bond acceptors (Lipinski definition) is 4. The number of fused-ring (bicyclic) bond motifs is 3. The van der Waals surface area contributed by atoms with E-state index in [0.29, 0.717) is 22.1 Å². The average molecular weight is 458 g/mol. The largest absolute Gasteiger partial charge is 0.325 e. The molecule has 1 aromatic heterocycles. The Balaban J connectivity index is 2.09. The minimum absolute atomic E-state index is 0.123. The molecule has 4 rings (SSSR count). The number of H-pyrrole nitrogens is 1. The van der Waals surface area contributed by atoms with Gasteiger partial charge in [0.1, 0.15) is 0 Å². The summed E-state index contributed by atoms with van der Waals surface area (Å²) in [5.41, 5.74) is 2.44. The van der Waals surface area contributed by atoms with Crippen LogP contribution in [-0.4, -0.2) is 21.7 Å². The second kappa shape index (κ2) is 7.52. The van der Waals surface area contributed by atoms with Gasteiger partial charge in [-0.15, -0.1) is 0 Å². The Kier molecular flexibility index (Phi) is 5.07. The molecule has 0 bridgehead atoms. The Morgan fingerprint density at radius 3 is 2.71 bits per heavy atom. The molecule has 0 fully saturated rings. The summed E-state index contributed by atoms with van der Waals surface area (Å²) in [6.07, 6.45) is -0.541. The molecule has 8 heteroatoms. The third-order valence-corrected chi connectivity index (χ3v) is 5.77. The molecule has 0 spiro atoms. The number of carbonyl (C=O) groups is 1. The zero-order chi connectivity index (χ0) is 19.8. The number of nitrogens with one attached hydrogen (secondary N) is 1. The standard InChI is InChI=1S/C20H17BrN4O2S/c1-3-28-20-22-18(27)17-15-11-14(21)9-10-16(15)24(12(2)26)19(25(17)23-20)13-7-5-4-6-8-13/h4-11,19H,3H2,1-2H3/p+1/t19-/m0/s1. The number of anilines is 1. The molecule has 1 atom stereocenters. The van der Waals surface area contributed by atoms with Gasteiger partial charge in [-0.05, 0) is 28.6 Å². The van der Waals surface area contributed by atoms with Crippen LogP contribution in [0, 0.1) is 0 Å². The van der Waals surface area contributed by atoms with Crippen LogP contribution in [0.2, 0.25) is 0 Å². The fraction of sp³-hybridized carbons (Fsp3) is 0.200. The van der Waals surface area contributed by atoms with Crippen molar-refractivity contribution in [1.29, 1.82) is 0 Å². The van der Waals surface area contributed by atoms with E-state index in [0.717, 1.165) is 15.8 Å². The lowest BCUT2D eigenvalue weighted by molar-refractivity contribution is -0.763. The third-order valence-electron chi connectivity index (χ3n) is 4.53. The van der Waals surface area contributed by atoms with Crippen LogP contribution in [0.4, 0.5) is 5.69 Å². The molecule has 2 aromatic carbocycles. The van der Waals surface area contributed by atoms with Crippen molar-refractivity contribution in [2.24, 2.45) is 0 Å². The second-order valence-corrected chi connectivity index (χ2v) is 8.49. The number of halogens is 1. The maximum Gasteiger partial charge on any atom is 0.325 e. The molecule has 1 amide bonds. The molecule has 2 heterocycles. The first kappa shape index (κ1) is 18.9. The molecule has 0 saturated carbocycles. The van der Waals surface area contributed by atoms with E-state index < -0.39 is 6.17 Å². The molecule has 1 aliphatic rings. The highest BCUT2D eigenvalue weighted by Gasteiger charge is 2.44. The van der Waals surface area contributed by atoms with Gasteiger partial charge in [-0.2, -0.15) is 0 Å². The van der Waals surface area contributed by atoms with Gasteiger partial charge in [-0.3, -0.25) is 14.6 Å². The molecular formula is C20H18BrN4O2S+. The number of thioether (sulfide) groups is 1. The van der Waals surface area contributed by atoms with Gasteiger partial charge in [-0.1, -0.05) is 64.9 Å². The van der Waals surface area contributed by atoms with Crippen LogP contribution in [0.25, 0.3) is 11.3 Å². The van der Waals surface area contributed by atoms with Crippen LogP contribution in [0.15, 0.2) is 63.0 Å². The van der Waals surface area contributed by atoms with Gasteiger partial charge in [0.25, 0.3) is 6.17 Å². The van der Waals surface area contributed by atoms with Crippen molar-refractivity contribution < 1.29 is 9.48 Å². The lowest BCUT2D eigenvalue weighted by Gasteiger charge is -2.31. The number of aromatic amines is 1. The lowest BCUT2D eigenvalue weighted by atomic mass is 10.0. The minimum Gasteiger partial charge on any atom is -0.291 e. The van der Waals surface area contributed by atoms with E-state index in [1.165, 1.54) is 18.7 Å². The summed E-state index contributed by atoms with van der Waals surface area (Å²) in [6, 6.07) is 15.2. The van der Waals surface area contributed by atoms with Crippen LogP contribution in [0.3, 0.4) is 0 Å². The second-order valence-electron chi connectivity index (χ2n) is 6.32. The summed E-state index contributed by atoms with van der Waals surface area (Å²) in [5, 5.41) is 5.22. The quantitative estimate of drug-likeness (QED) is 0.482. The molecule has 0 saturated heterocycles. The highest BCUT2D eigenvalue weighted by molar-refractivity contribution is 9.10. The highest BCUT2D eigenvalue weighted by Crippen LogP contribution is 2.38. The van der Waals surface area contributed by atoms with Gasteiger partial charge < -0.3 is 0 Å². The molecular weight excluding hydrogens is 440 g/mol. The van der Waals surface area contributed by atoms with Crippen LogP contribution in [0.1, 0.15) is 25.6 Å². The molecule has 142 valence electrons. The number of hydrogen-bond donors (Lipinski definition) is 1. The van der Waals surface area contributed by atoms with Crippen molar-refractivity contribution in [3.8, 4) is 11.3 Å². The summed E-state index contributed by atoms with van der Waals surface area (Å²) < 4.78 is 2.49. The molecule has 3 aromatic rings. The Morgan fingerprint density at radius 2 is 2.04 bits per heavy atom. The highest BCUT2D eigenvalue weighted by atomic mass is 79.9. The summed E-state index contributed by atoms with van der Waals surface area (Å²) in [7, 11) is 0. The van der Waals surface area contributed by atoms with Gasteiger partial charge in [0.05, 0.1) is 11.3 Å². The predicted molar refractivity (Wildman–Crippen MR) is 112 cm³/mol. The summed E-state index contributed by atoms with van der Waals surface area (Å²) in [4.78, 5) is 30.3. The SMILES string of the molecule is CCSc1n[n+]2c(c(=O)[nH]1)-c1cc(Br)ccc1N(C(C)=O)[C@@H]2c1ccccc1. The fourth-order valence-electron chi connectivity index (χ4n) is 3.46. The van der Waals surface area contributed by atoms with Crippen LogP contribution in [-0.2, 0) is 4.79 Å². The van der Waals surface area contributed by atoms with Crippen LogP contribution in [0.5, 0.6) is 0 Å². The van der Waals surface area contributed by atoms with E-state index >= 15 is 0 Å². The number of aromatic nitrogens is 3. The molecule has 1 aliphatic heterocycles. The van der Waals surface area contributed by atoms with E-state index in [2.05, 4.69) is 20.9 Å². The zero-order valence-corrected chi connectivity index (χ0v) is 17.8. The first-order chi connectivity index (χ1) is 13.5. The number of carbonyl (C=O) groups excluding carboxylic acids is 1. The van der Waals surface area contributed by atoms with Crippen LogP contribution >= 0.6 is 27.7 Å². The van der Waals surface area contributed by atoms with Gasteiger partial charge in [0.15, 0.2) is 0 Å². The number of rotatable bonds is 3. The van der Waals surface area contributed by atoms with Gasteiger partial charge in [0.2, 0.25) is 11.1 Å². The predicted octanol–water partition coefficient (Wildman–Crippen LogP) is 3.51. The minimum atomic E-state index is -0.541. The normalized spacial score (nSPS) is 15.1. The van der Waals surface area contributed by atoms with Gasteiger partial charge in [0, 0.05) is 22.1 Å². The van der Waals surface area contributed by atoms with Gasteiger partial charge in [-0.25, -0.2) is 4.90 Å². The molecule has 28 heavy (non-hydrogen) atoms. The third kappa shape index (κ3) is 3.16. The topological polar surface area (TPSA) is 69.9 Å². The summed E-state index contributed by atoms with van der Waals surface area (Å²) in [6.45, 7) is 3.53. The van der Waals surface area contributed by atoms with Crippen molar-refractivity contribution in [1.82, 2.24) is 10.1 Å². The first-order valence-corrected chi connectivity index (χ1v) is 10.6. The Bertz CT molecular complexity index is 1120. The summed E-state index contributed by atoms with van der Waals surface area (Å²) in [5.74, 6) is 0.652. The Hall–Kier alpha value is -2.45. The monoisotopic (exact) mass is 457 g/mol. The average Bonchev–Trinajstić information content (AvgIpc) is 2.67. The van der Waals surface area contributed by atoms with E-state index in [1.54, 1.807) is 9.58 Å². The maximum absolute atomic E-state index is 13.0. The van der Waals surface area contributed by atoms with E-state index in [1.807, 2.05) is 55.5 Å². The molecule has 0 aliphatic carbocycles. The van der Waals surface area contributed by atoms with Crippen molar-refractivity contribution >= 4 is 39.3 Å². The number of nitrogens with zero attached hydrogens (tertiary/aromatic N) is 3. The number of benzene rings is 2. The van der Waals surface area contributed by atoms with E-state index in [4.69, 9.17) is 5.10 Å². The molecule has 0 radical (unpaired) electrons. The fourth-order valence-corrected chi connectivity index (χ4v) is 4.41. The van der Waals surface area contributed by atoms with Crippen molar-refractivity contribution in [2.75, 3.05) is 10.7 Å². The van der Waals surface area contributed by atoms with E-state index in [9.17, 15) is 9.59 Å². The van der Waals surface area contributed by atoms with Crippen molar-refractivity contribution in [2.45, 2.75) is 25.2 Å².